The molecule has 0 aliphatic carbocycles. The van der Waals surface area contributed by atoms with Crippen LogP contribution >= 0.6 is 27.7 Å². The lowest BCUT2D eigenvalue weighted by Crippen LogP contribution is -2.28. The highest BCUT2D eigenvalue weighted by molar-refractivity contribution is 9.10. The third-order valence-corrected chi connectivity index (χ3v) is 6.28. The molecule has 35 heavy (non-hydrogen) atoms. The average molecular weight is 562 g/mol. The highest BCUT2D eigenvalue weighted by atomic mass is 79.9. The van der Waals surface area contributed by atoms with Gasteiger partial charge in [-0.3, -0.25) is 14.5 Å². The molecule has 0 saturated carbocycles. The number of hydrogen-bond acceptors (Lipinski definition) is 8. The number of amidine groups is 1. The molecule has 1 heterocycles. The number of nitrogens with two attached hydrogens (primary N) is 1. The van der Waals surface area contributed by atoms with Crippen LogP contribution in [0.15, 0.2) is 50.8 Å². The van der Waals surface area contributed by atoms with Gasteiger partial charge in [-0.2, -0.15) is 0 Å². The van der Waals surface area contributed by atoms with Crippen LogP contribution in [0.5, 0.6) is 11.5 Å². The second-order valence-electron chi connectivity index (χ2n) is 7.11. The summed E-state index contributed by atoms with van der Waals surface area (Å²) >= 11 is 4.67. The van der Waals surface area contributed by atoms with Crippen molar-refractivity contribution in [2.24, 2.45) is 10.7 Å². The van der Waals surface area contributed by atoms with E-state index in [2.05, 4.69) is 20.9 Å². The van der Waals surface area contributed by atoms with Crippen molar-refractivity contribution in [2.45, 2.75) is 13.8 Å². The number of ether oxygens (including phenoxy) is 3. The highest BCUT2D eigenvalue weighted by Crippen LogP contribution is 2.39. The molecular weight excluding hydrogens is 538 g/mol. The standard InChI is InChI=1S/C24H24BrN3O6S/c1-4-28-22(30)19(35-24(28)27-16-8-6-7-15(12-16)23(31)32-3)11-14-9-17(25)21(34-13-20(26)29)18(10-14)33-5-2/h6-12H,4-5,13H2,1-3H3,(H2,26,29). The summed E-state index contributed by atoms with van der Waals surface area (Å²) in [7, 11) is 1.31. The Morgan fingerprint density at radius 2 is 1.97 bits per heavy atom. The molecule has 2 amide bonds. The normalized spacial score (nSPS) is 15.5. The van der Waals surface area contributed by atoms with Crippen molar-refractivity contribution >= 4 is 62.4 Å². The Hall–Kier alpha value is -3.31. The number of carbonyl (C=O) groups excluding carboxylic acids is 3. The quantitative estimate of drug-likeness (QED) is 0.361. The number of esters is 1. The predicted octanol–water partition coefficient (Wildman–Crippen LogP) is 4.12. The van der Waals surface area contributed by atoms with Crippen LogP contribution < -0.4 is 15.2 Å². The first-order valence-electron chi connectivity index (χ1n) is 10.6. The fourth-order valence-electron chi connectivity index (χ4n) is 3.17. The third-order valence-electron chi connectivity index (χ3n) is 4.68. The van der Waals surface area contributed by atoms with E-state index < -0.39 is 11.9 Å². The highest BCUT2D eigenvalue weighted by Gasteiger charge is 2.32. The van der Waals surface area contributed by atoms with Crippen LogP contribution in [0.25, 0.3) is 6.08 Å². The van der Waals surface area contributed by atoms with Gasteiger partial charge in [0.1, 0.15) is 0 Å². The summed E-state index contributed by atoms with van der Waals surface area (Å²) < 4.78 is 16.5. The van der Waals surface area contributed by atoms with Crippen molar-refractivity contribution in [1.82, 2.24) is 4.90 Å². The molecule has 2 aromatic carbocycles. The van der Waals surface area contributed by atoms with Crippen LogP contribution in [0.4, 0.5) is 5.69 Å². The zero-order valence-corrected chi connectivity index (χ0v) is 21.8. The lowest BCUT2D eigenvalue weighted by atomic mass is 10.2. The number of benzene rings is 2. The maximum absolute atomic E-state index is 13.1. The van der Waals surface area contributed by atoms with Crippen LogP contribution in [-0.4, -0.2) is 54.7 Å². The zero-order chi connectivity index (χ0) is 25.5. The second-order valence-corrected chi connectivity index (χ2v) is 8.98. The molecule has 11 heteroatoms. The Kier molecular flexibility index (Phi) is 8.94. The maximum atomic E-state index is 13.1. The Bertz CT molecular complexity index is 1210. The van der Waals surface area contributed by atoms with Crippen molar-refractivity contribution in [2.75, 3.05) is 26.9 Å². The van der Waals surface area contributed by atoms with E-state index in [4.69, 9.17) is 19.9 Å². The van der Waals surface area contributed by atoms with E-state index in [0.717, 1.165) is 0 Å². The maximum Gasteiger partial charge on any atom is 0.337 e. The molecule has 0 bridgehead atoms. The van der Waals surface area contributed by atoms with E-state index >= 15 is 0 Å². The molecule has 1 saturated heterocycles. The number of likely N-dealkylation sites (N-methyl/N-ethyl adjacent to an activating group) is 1. The SMILES string of the molecule is CCOc1cc(C=C2SC(=Nc3cccc(C(=O)OC)c3)N(CC)C2=O)cc(Br)c1OCC(N)=O. The molecule has 2 aromatic rings. The van der Waals surface area contributed by atoms with Crippen molar-refractivity contribution in [3.63, 3.8) is 0 Å². The fraction of sp³-hybridized carbons (Fsp3) is 0.250. The van der Waals surface area contributed by atoms with Crippen LogP contribution in [-0.2, 0) is 14.3 Å². The lowest BCUT2D eigenvalue weighted by Gasteiger charge is -2.14. The molecule has 9 nitrogen and oxygen atoms in total. The van der Waals surface area contributed by atoms with E-state index in [1.54, 1.807) is 47.4 Å². The predicted molar refractivity (Wildman–Crippen MR) is 138 cm³/mol. The van der Waals surface area contributed by atoms with Crippen LogP contribution in [0.2, 0.25) is 0 Å². The number of hydrogen-bond donors (Lipinski definition) is 1. The van der Waals surface area contributed by atoms with Crippen LogP contribution in [0.3, 0.4) is 0 Å². The number of carbonyl (C=O) groups is 3. The summed E-state index contributed by atoms with van der Waals surface area (Å²) in [5.41, 5.74) is 6.77. The molecular formula is C24H24BrN3O6S. The number of halogens is 1. The van der Waals surface area contributed by atoms with Gasteiger partial charge < -0.3 is 19.9 Å². The molecule has 0 spiro atoms. The Balaban J connectivity index is 1.94. The van der Waals surface area contributed by atoms with E-state index in [9.17, 15) is 14.4 Å². The largest absolute Gasteiger partial charge is 0.490 e. The molecule has 3 rings (SSSR count). The molecule has 1 aliphatic rings. The van der Waals surface area contributed by atoms with Gasteiger partial charge in [0.15, 0.2) is 23.3 Å². The number of nitrogens with zero attached hydrogens (tertiary/aromatic N) is 2. The summed E-state index contributed by atoms with van der Waals surface area (Å²) in [6.07, 6.45) is 1.73. The van der Waals surface area contributed by atoms with Crippen LogP contribution in [0.1, 0.15) is 29.8 Å². The Morgan fingerprint density at radius 3 is 2.63 bits per heavy atom. The average Bonchev–Trinajstić information content (AvgIpc) is 3.11. The second kappa shape index (κ2) is 11.9. The lowest BCUT2D eigenvalue weighted by molar-refractivity contribution is -0.122. The smallest absolute Gasteiger partial charge is 0.337 e. The van der Waals surface area contributed by atoms with Gasteiger partial charge in [-0.25, -0.2) is 9.79 Å². The van der Waals surface area contributed by atoms with Gasteiger partial charge in [0.2, 0.25) is 0 Å². The fourth-order valence-corrected chi connectivity index (χ4v) is 4.81. The molecule has 0 atom stereocenters. The number of amides is 2. The van der Waals surface area contributed by atoms with Gasteiger partial charge in [0, 0.05) is 6.54 Å². The van der Waals surface area contributed by atoms with E-state index in [1.807, 2.05) is 13.8 Å². The first-order valence-corrected chi connectivity index (χ1v) is 12.2. The van der Waals surface area contributed by atoms with Gasteiger partial charge in [-0.15, -0.1) is 0 Å². The number of primary amides is 1. The van der Waals surface area contributed by atoms with E-state index in [-0.39, 0.29) is 12.5 Å². The van der Waals surface area contributed by atoms with E-state index in [0.29, 0.717) is 56.0 Å². The summed E-state index contributed by atoms with van der Waals surface area (Å²) in [5, 5.41) is 0.497. The summed E-state index contributed by atoms with van der Waals surface area (Å²) in [6, 6.07) is 10.2. The van der Waals surface area contributed by atoms with Crippen LogP contribution in [0, 0.1) is 0 Å². The number of aliphatic imine (C=N–C) groups is 1. The first kappa shape index (κ1) is 26.3. The van der Waals surface area contributed by atoms with Crippen molar-refractivity contribution < 1.29 is 28.6 Å². The molecule has 1 aliphatic heterocycles. The first-order chi connectivity index (χ1) is 16.8. The molecule has 1 fully saturated rings. The monoisotopic (exact) mass is 561 g/mol. The van der Waals surface area contributed by atoms with E-state index in [1.165, 1.54) is 18.9 Å². The molecule has 184 valence electrons. The minimum atomic E-state index is -0.609. The molecule has 2 N–H and O–H groups in total. The molecule has 0 unspecified atom stereocenters. The van der Waals surface area contributed by atoms with Gasteiger partial charge in [0.25, 0.3) is 11.8 Å². The minimum absolute atomic E-state index is 0.191. The number of rotatable bonds is 9. The van der Waals surface area contributed by atoms with Crippen molar-refractivity contribution in [1.29, 1.82) is 0 Å². The van der Waals surface area contributed by atoms with Gasteiger partial charge in [-0.1, -0.05) is 6.07 Å². The van der Waals surface area contributed by atoms with Gasteiger partial charge >= 0.3 is 5.97 Å². The summed E-state index contributed by atoms with van der Waals surface area (Å²) in [4.78, 5) is 42.6. The number of methoxy groups -OCH3 is 1. The molecule has 0 aromatic heterocycles. The summed E-state index contributed by atoms with van der Waals surface area (Å²) in [6.45, 7) is 4.18. The van der Waals surface area contributed by atoms with Gasteiger partial charge in [-0.05, 0) is 83.5 Å². The van der Waals surface area contributed by atoms with Gasteiger partial charge in [0.05, 0.1) is 34.3 Å². The third kappa shape index (κ3) is 6.43. The Labute approximate surface area is 215 Å². The topological polar surface area (TPSA) is 121 Å². The van der Waals surface area contributed by atoms with Crippen molar-refractivity contribution in [3.05, 3.63) is 56.9 Å². The Morgan fingerprint density at radius 1 is 1.20 bits per heavy atom. The molecule has 0 radical (unpaired) electrons. The van der Waals surface area contributed by atoms with Crippen molar-refractivity contribution in [3.8, 4) is 11.5 Å². The zero-order valence-electron chi connectivity index (χ0n) is 19.4. The minimum Gasteiger partial charge on any atom is -0.490 e. The number of thioether (sulfide) groups is 1. The summed E-state index contributed by atoms with van der Waals surface area (Å²) in [5.74, 6) is -0.507.